The van der Waals surface area contributed by atoms with Crippen LogP contribution in [0.25, 0.3) is 0 Å². The number of likely N-dealkylation sites (N-methyl/N-ethyl adjacent to an activating group) is 1. The molecule has 0 aromatic heterocycles. The zero-order valence-electron chi connectivity index (χ0n) is 19.6. The van der Waals surface area contributed by atoms with Crippen LogP contribution in [0.2, 0.25) is 10.0 Å². The summed E-state index contributed by atoms with van der Waals surface area (Å²) >= 11 is 12.3. The summed E-state index contributed by atoms with van der Waals surface area (Å²) in [4.78, 5) is 43.1. The van der Waals surface area contributed by atoms with Gasteiger partial charge in [-0.25, -0.2) is 4.39 Å². The first-order chi connectivity index (χ1) is 17.3. The van der Waals surface area contributed by atoms with Gasteiger partial charge in [0.15, 0.2) is 0 Å². The quantitative estimate of drug-likeness (QED) is 0.558. The molecule has 3 atom stereocenters. The molecule has 0 radical (unpaired) electrons. The highest BCUT2D eigenvalue weighted by molar-refractivity contribution is 6.31. The van der Waals surface area contributed by atoms with Gasteiger partial charge < -0.3 is 25.8 Å². The Morgan fingerprint density at radius 3 is 2.56 bits per heavy atom. The molecule has 3 heterocycles. The number of anilines is 1. The SMILES string of the molecule is CNCC(=O)N1CCN(C(=O)[C@@H]2NC[C@]3(C(=O)Nc4cc(Cl)c(F)cc43)[C@H]2c2cccc(Cl)c2)CC1. The van der Waals surface area contributed by atoms with E-state index >= 15 is 0 Å². The molecule has 5 rings (SSSR count). The minimum atomic E-state index is -1.23. The molecule has 3 aliphatic rings. The van der Waals surface area contributed by atoms with Crippen molar-refractivity contribution < 1.29 is 18.8 Å². The number of rotatable bonds is 4. The van der Waals surface area contributed by atoms with E-state index in [0.29, 0.717) is 48.0 Å². The first kappa shape index (κ1) is 25.0. The Labute approximate surface area is 218 Å². The Morgan fingerprint density at radius 2 is 1.86 bits per heavy atom. The van der Waals surface area contributed by atoms with E-state index in [1.54, 1.807) is 35.0 Å². The fourth-order valence-electron chi connectivity index (χ4n) is 5.69. The van der Waals surface area contributed by atoms with Crippen molar-refractivity contribution in [3.8, 4) is 0 Å². The smallest absolute Gasteiger partial charge is 0.240 e. The van der Waals surface area contributed by atoms with Crippen molar-refractivity contribution in [2.45, 2.75) is 17.4 Å². The van der Waals surface area contributed by atoms with Crippen LogP contribution in [-0.4, -0.2) is 79.9 Å². The first-order valence-electron chi connectivity index (χ1n) is 11.8. The van der Waals surface area contributed by atoms with Crippen molar-refractivity contribution >= 4 is 46.6 Å². The van der Waals surface area contributed by atoms with Gasteiger partial charge in [0.25, 0.3) is 0 Å². The number of fused-ring (bicyclic) bond motifs is 2. The fourth-order valence-corrected chi connectivity index (χ4v) is 6.05. The van der Waals surface area contributed by atoms with Gasteiger partial charge in [0.1, 0.15) is 5.82 Å². The summed E-state index contributed by atoms with van der Waals surface area (Å²) in [6.07, 6.45) is 0. The van der Waals surface area contributed by atoms with Crippen LogP contribution in [0.4, 0.5) is 10.1 Å². The standard InChI is InChI=1S/C25H26Cl2FN5O3/c1-29-12-20(34)32-5-7-33(8-6-32)23(35)22-21(14-3-2-4-15(26)9-14)25(13-30-22)16-10-18(28)17(27)11-19(16)31-24(25)36/h2-4,9-11,21-22,29-30H,5-8,12-13H2,1H3,(H,31,36)/t21-,22+,25+/m0/s1. The number of nitrogens with one attached hydrogen (secondary N) is 3. The number of benzene rings is 2. The molecule has 0 bridgehead atoms. The van der Waals surface area contributed by atoms with E-state index in [-0.39, 0.29) is 35.8 Å². The number of piperazine rings is 1. The van der Waals surface area contributed by atoms with E-state index in [2.05, 4.69) is 16.0 Å². The molecule has 2 aromatic carbocycles. The van der Waals surface area contributed by atoms with E-state index < -0.39 is 23.2 Å². The predicted molar refractivity (Wildman–Crippen MR) is 135 cm³/mol. The van der Waals surface area contributed by atoms with Gasteiger partial charge in [0, 0.05) is 49.4 Å². The molecule has 3 N–H and O–H groups in total. The zero-order valence-corrected chi connectivity index (χ0v) is 21.1. The third-order valence-electron chi connectivity index (χ3n) is 7.41. The zero-order chi connectivity index (χ0) is 25.6. The summed E-state index contributed by atoms with van der Waals surface area (Å²) in [7, 11) is 1.71. The Kier molecular flexibility index (Phi) is 6.67. The lowest BCUT2D eigenvalue weighted by molar-refractivity contribution is -0.140. The lowest BCUT2D eigenvalue weighted by atomic mass is 9.68. The van der Waals surface area contributed by atoms with E-state index in [4.69, 9.17) is 23.2 Å². The molecule has 0 saturated carbocycles. The summed E-state index contributed by atoms with van der Waals surface area (Å²) in [6.45, 7) is 2.01. The van der Waals surface area contributed by atoms with Gasteiger partial charge in [-0.05, 0) is 42.4 Å². The van der Waals surface area contributed by atoms with Crippen LogP contribution in [0.15, 0.2) is 36.4 Å². The number of hydrogen-bond acceptors (Lipinski definition) is 5. The van der Waals surface area contributed by atoms with Crippen LogP contribution in [0, 0.1) is 5.82 Å². The topological polar surface area (TPSA) is 93.8 Å². The monoisotopic (exact) mass is 533 g/mol. The van der Waals surface area contributed by atoms with Crippen molar-refractivity contribution in [3.63, 3.8) is 0 Å². The van der Waals surface area contributed by atoms with E-state index in [1.807, 2.05) is 6.07 Å². The molecule has 8 nitrogen and oxygen atoms in total. The summed E-state index contributed by atoms with van der Waals surface area (Å²) < 4.78 is 14.6. The average molecular weight is 534 g/mol. The number of halogens is 3. The molecule has 2 fully saturated rings. The Bertz CT molecular complexity index is 1240. The molecule has 2 aromatic rings. The third-order valence-corrected chi connectivity index (χ3v) is 7.93. The van der Waals surface area contributed by atoms with Crippen LogP contribution in [0.5, 0.6) is 0 Å². The van der Waals surface area contributed by atoms with Crippen LogP contribution in [-0.2, 0) is 19.8 Å². The van der Waals surface area contributed by atoms with Crippen molar-refractivity contribution in [2.75, 3.05) is 51.6 Å². The van der Waals surface area contributed by atoms with Gasteiger partial charge in [0.05, 0.1) is 23.0 Å². The molecule has 2 saturated heterocycles. The van der Waals surface area contributed by atoms with Gasteiger partial charge in [-0.1, -0.05) is 35.3 Å². The number of carbonyl (C=O) groups excluding carboxylic acids is 3. The second-order valence-corrected chi connectivity index (χ2v) is 10.2. The highest BCUT2D eigenvalue weighted by Gasteiger charge is 2.61. The maximum atomic E-state index is 14.6. The Morgan fingerprint density at radius 1 is 1.14 bits per heavy atom. The third kappa shape index (κ3) is 4.04. The molecule has 3 aliphatic heterocycles. The van der Waals surface area contributed by atoms with Crippen molar-refractivity contribution in [2.24, 2.45) is 0 Å². The lowest BCUT2D eigenvalue weighted by Crippen LogP contribution is -2.56. The van der Waals surface area contributed by atoms with E-state index in [1.165, 1.54) is 12.1 Å². The van der Waals surface area contributed by atoms with Crippen LogP contribution in [0.1, 0.15) is 17.0 Å². The minimum Gasteiger partial charge on any atom is -0.338 e. The van der Waals surface area contributed by atoms with Gasteiger partial charge in [-0.2, -0.15) is 0 Å². The van der Waals surface area contributed by atoms with Crippen molar-refractivity contribution in [1.82, 2.24) is 20.4 Å². The fraction of sp³-hybridized carbons (Fsp3) is 0.400. The molecule has 0 aliphatic carbocycles. The second kappa shape index (κ2) is 9.63. The van der Waals surface area contributed by atoms with Crippen LogP contribution in [0.3, 0.4) is 0 Å². The van der Waals surface area contributed by atoms with Gasteiger partial charge in [-0.15, -0.1) is 0 Å². The Hall–Kier alpha value is -2.72. The minimum absolute atomic E-state index is 0.0146. The summed E-state index contributed by atoms with van der Waals surface area (Å²) in [5, 5.41) is 9.35. The maximum Gasteiger partial charge on any atom is 0.240 e. The number of amides is 3. The average Bonchev–Trinajstić information content (AvgIpc) is 3.38. The summed E-state index contributed by atoms with van der Waals surface area (Å²) in [5.41, 5.74) is 0.373. The van der Waals surface area contributed by atoms with Crippen molar-refractivity contribution in [3.05, 3.63) is 63.4 Å². The predicted octanol–water partition coefficient (Wildman–Crippen LogP) is 1.97. The Balaban J connectivity index is 1.50. The highest BCUT2D eigenvalue weighted by atomic mass is 35.5. The van der Waals surface area contributed by atoms with Gasteiger partial charge in [0.2, 0.25) is 17.7 Å². The molecule has 0 unspecified atom stereocenters. The van der Waals surface area contributed by atoms with Crippen LogP contribution < -0.4 is 16.0 Å². The second-order valence-electron chi connectivity index (χ2n) is 9.37. The molecule has 190 valence electrons. The molecule has 11 heteroatoms. The van der Waals surface area contributed by atoms with Gasteiger partial charge in [-0.3, -0.25) is 14.4 Å². The summed E-state index contributed by atoms with van der Waals surface area (Å²) in [6, 6.07) is 9.01. The van der Waals surface area contributed by atoms with E-state index in [9.17, 15) is 18.8 Å². The van der Waals surface area contributed by atoms with Gasteiger partial charge >= 0.3 is 0 Å². The van der Waals surface area contributed by atoms with E-state index in [0.717, 1.165) is 0 Å². The van der Waals surface area contributed by atoms with Crippen molar-refractivity contribution in [1.29, 1.82) is 0 Å². The van der Waals surface area contributed by atoms with Crippen LogP contribution >= 0.6 is 23.2 Å². The molecule has 3 amide bonds. The highest BCUT2D eigenvalue weighted by Crippen LogP contribution is 2.52. The molecular weight excluding hydrogens is 508 g/mol. The number of carbonyl (C=O) groups is 3. The number of nitrogens with zero attached hydrogens (tertiary/aromatic N) is 2. The summed E-state index contributed by atoms with van der Waals surface area (Å²) in [5.74, 6) is -1.79. The largest absolute Gasteiger partial charge is 0.338 e. The maximum absolute atomic E-state index is 14.6. The molecule has 36 heavy (non-hydrogen) atoms. The number of hydrogen-bond donors (Lipinski definition) is 3. The lowest BCUT2D eigenvalue weighted by Gasteiger charge is -2.38. The molecule has 1 spiro atoms. The normalized spacial score (nSPS) is 25.3. The first-order valence-corrected chi connectivity index (χ1v) is 12.5. The molecular formula is C25H26Cl2FN5O3.